The van der Waals surface area contributed by atoms with Gasteiger partial charge in [0.1, 0.15) is 0 Å². The molecule has 118 valence electrons. The second-order valence-corrected chi connectivity index (χ2v) is 8.22. The first-order chi connectivity index (χ1) is 9.83. The first-order valence-electron chi connectivity index (χ1n) is 7.64. The molecule has 21 heavy (non-hydrogen) atoms. The van der Waals surface area contributed by atoms with Crippen LogP contribution in [0.1, 0.15) is 38.7 Å². The molecular weight excluding hydrogens is 284 g/mol. The highest BCUT2D eigenvalue weighted by atomic mass is 32.2. The number of nitrogens with one attached hydrogen (secondary N) is 2. The first kappa shape index (κ1) is 16.3. The minimum atomic E-state index is -3.39. The van der Waals surface area contributed by atoms with Crippen molar-refractivity contribution < 1.29 is 8.42 Å². The fraction of sp³-hybridized carbons (Fsp3) is 0.625. The molecule has 0 amide bonds. The van der Waals surface area contributed by atoms with Gasteiger partial charge in [0.05, 0.1) is 4.90 Å². The van der Waals surface area contributed by atoms with E-state index in [0.29, 0.717) is 16.9 Å². The van der Waals surface area contributed by atoms with E-state index in [0.717, 1.165) is 23.6 Å². The van der Waals surface area contributed by atoms with Gasteiger partial charge in [-0.1, -0.05) is 19.9 Å². The monoisotopic (exact) mass is 310 g/mol. The molecule has 0 aliphatic heterocycles. The van der Waals surface area contributed by atoms with Crippen molar-refractivity contribution in [1.82, 2.24) is 4.72 Å². The zero-order valence-corrected chi connectivity index (χ0v) is 14.1. The Morgan fingerprint density at radius 3 is 2.52 bits per heavy atom. The first-order valence-corrected chi connectivity index (χ1v) is 9.12. The molecule has 2 rings (SSSR count). The Hall–Kier alpha value is -1.07. The van der Waals surface area contributed by atoms with Crippen molar-refractivity contribution in [2.75, 3.05) is 12.4 Å². The fourth-order valence-corrected chi connectivity index (χ4v) is 3.88. The average Bonchev–Trinajstić information content (AvgIpc) is 2.43. The third kappa shape index (κ3) is 3.77. The molecule has 2 N–H and O–H groups in total. The summed E-state index contributed by atoms with van der Waals surface area (Å²) in [7, 11) is -1.95. The summed E-state index contributed by atoms with van der Waals surface area (Å²) in [6.45, 7) is 6.59. The van der Waals surface area contributed by atoms with Gasteiger partial charge in [0.2, 0.25) is 10.0 Å². The zero-order valence-electron chi connectivity index (χ0n) is 13.3. The largest absolute Gasteiger partial charge is 0.382 e. The van der Waals surface area contributed by atoms with Gasteiger partial charge in [-0.3, -0.25) is 0 Å². The molecule has 1 aromatic carbocycles. The molecule has 3 atom stereocenters. The van der Waals surface area contributed by atoms with E-state index < -0.39 is 10.0 Å². The molecule has 0 spiro atoms. The number of anilines is 1. The number of benzene rings is 1. The lowest BCUT2D eigenvalue weighted by atomic mass is 9.80. The quantitative estimate of drug-likeness (QED) is 0.898. The Morgan fingerprint density at radius 2 is 1.90 bits per heavy atom. The van der Waals surface area contributed by atoms with Crippen molar-refractivity contribution >= 4 is 15.7 Å². The van der Waals surface area contributed by atoms with E-state index in [9.17, 15) is 8.42 Å². The van der Waals surface area contributed by atoms with E-state index in [1.807, 2.05) is 13.0 Å². The zero-order chi connectivity index (χ0) is 15.6. The van der Waals surface area contributed by atoms with Crippen LogP contribution in [0.15, 0.2) is 23.1 Å². The van der Waals surface area contributed by atoms with Gasteiger partial charge >= 0.3 is 0 Å². The second kappa shape index (κ2) is 6.36. The number of sulfonamides is 1. The molecule has 0 radical (unpaired) electrons. The predicted octanol–water partition coefficient (Wildman–Crippen LogP) is 3.14. The van der Waals surface area contributed by atoms with Gasteiger partial charge in [-0.2, -0.15) is 0 Å². The van der Waals surface area contributed by atoms with Gasteiger partial charge in [-0.05, 0) is 62.8 Å². The summed E-state index contributed by atoms with van der Waals surface area (Å²) in [6, 6.07) is 5.68. The Morgan fingerprint density at radius 1 is 1.19 bits per heavy atom. The van der Waals surface area contributed by atoms with E-state index in [-0.39, 0.29) is 0 Å². The average molecular weight is 310 g/mol. The van der Waals surface area contributed by atoms with Crippen molar-refractivity contribution in [3.63, 3.8) is 0 Å². The molecule has 0 bridgehead atoms. The molecule has 0 saturated heterocycles. The number of hydrogen-bond donors (Lipinski definition) is 2. The van der Waals surface area contributed by atoms with Gasteiger partial charge < -0.3 is 5.32 Å². The SMILES string of the molecule is CNS(=O)(=O)c1ccc(C)c(NC2CCC(C)CC2C)c1. The van der Waals surface area contributed by atoms with Crippen LogP contribution in [0.25, 0.3) is 0 Å². The lowest BCUT2D eigenvalue weighted by molar-refractivity contribution is 0.276. The maximum Gasteiger partial charge on any atom is 0.240 e. The summed E-state index contributed by atoms with van der Waals surface area (Å²) in [4.78, 5) is 0.315. The standard InChI is InChI=1S/C16H26N2O2S/c1-11-5-8-15(13(3)9-11)18-16-10-14(7-6-12(16)2)21(19,20)17-4/h6-7,10-11,13,15,17-18H,5,8-9H2,1-4H3. The van der Waals surface area contributed by atoms with Gasteiger partial charge in [-0.15, -0.1) is 0 Å². The van der Waals surface area contributed by atoms with Crippen LogP contribution in [0.3, 0.4) is 0 Å². The van der Waals surface area contributed by atoms with Crippen LogP contribution >= 0.6 is 0 Å². The summed E-state index contributed by atoms with van der Waals surface area (Å²) < 4.78 is 26.2. The smallest absolute Gasteiger partial charge is 0.240 e. The Bertz CT molecular complexity index is 598. The Labute approximate surface area is 128 Å². The molecular formula is C16H26N2O2S. The molecule has 3 unspecified atom stereocenters. The molecule has 4 nitrogen and oxygen atoms in total. The maximum absolute atomic E-state index is 11.9. The fourth-order valence-electron chi connectivity index (χ4n) is 3.12. The molecule has 1 fully saturated rings. The van der Waals surface area contributed by atoms with E-state index in [1.165, 1.54) is 19.9 Å². The summed E-state index contributed by atoms with van der Waals surface area (Å²) in [6.07, 6.45) is 3.60. The van der Waals surface area contributed by atoms with E-state index in [1.54, 1.807) is 12.1 Å². The second-order valence-electron chi connectivity index (χ2n) is 6.33. The van der Waals surface area contributed by atoms with Crippen LogP contribution in [0.2, 0.25) is 0 Å². The van der Waals surface area contributed by atoms with Crippen molar-refractivity contribution in [2.45, 2.75) is 51.0 Å². The predicted molar refractivity (Wildman–Crippen MR) is 87.0 cm³/mol. The third-order valence-electron chi connectivity index (χ3n) is 4.56. The van der Waals surface area contributed by atoms with Gasteiger partial charge in [-0.25, -0.2) is 13.1 Å². The third-order valence-corrected chi connectivity index (χ3v) is 5.97. The number of rotatable bonds is 4. The van der Waals surface area contributed by atoms with Crippen LogP contribution in [-0.4, -0.2) is 21.5 Å². The van der Waals surface area contributed by atoms with Crippen LogP contribution < -0.4 is 10.0 Å². The Balaban J connectivity index is 2.22. The number of aryl methyl sites for hydroxylation is 1. The highest BCUT2D eigenvalue weighted by Gasteiger charge is 2.25. The lowest BCUT2D eigenvalue weighted by Crippen LogP contribution is -2.33. The summed E-state index contributed by atoms with van der Waals surface area (Å²) in [5.74, 6) is 1.40. The summed E-state index contributed by atoms with van der Waals surface area (Å²) in [5.41, 5.74) is 2.01. The molecule has 5 heteroatoms. The van der Waals surface area contributed by atoms with Crippen LogP contribution in [0.5, 0.6) is 0 Å². The van der Waals surface area contributed by atoms with Crippen molar-refractivity contribution in [1.29, 1.82) is 0 Å². The van der Waals surface area contributed by atoms with Crippen molar-refractivity contribution in [2.24, 2.45) is 11.8 Å². The van der Waals surface area contributed by atoms with Crippen molar-refractivity contribution in [3.05, 3.63) is 23.8 Å². The van der Waals surface area contributed by atoms with E-state index >= 15 is 0 Å². The molecule has 1 saturated carbocycles. The normalized spacial score (nSPS) is 26.6. The van der Waals surface area contributed by atoms with Gasteiger partial charge in [0.25, 0.3) is 0 Å². The molecule has 1 aliphatic carbocycles. The lowest BCUT2D eigenvalue weighted by Gasteiger charge is -2.34. The van der Waals surface area contributed by atoms with E-state index in [4.69, 9.17) is 0 Å². The van der Waals surface area contributed by atoms with Crippen LogP contribution in [-0.2, 0) is 10.0 Å². The van der Waals surface area contributed by atoms with Crippen LogP contribution in [0, 0.1) is 18.8 Å². The van der Waals surface area contributed by atoms with Crippen LogP contribution in [0.4, 0.5) is 5.69 Å². The van der Waals surface area contributed by atoms with Gasteiger partial charge in [0.15, 0.2) is 0 Å². The highest BCUT2D eigenvalue weighted by molar-refractivity contribution is 7.89. The molecule has 1 aromatic rings. The summed E-state index contributed by atoms with van der Waals surface area (Å²) >= 11 is 0. The summed E-state index contributed by atoms with van der Waals surface area (Å²) in [5, 5.41) is 3.56. The van der Waals surface area contributed by atoms with Gasteiger partial charge in [0, 0.05) is 11.7 Å². The molecule has 0 aromatic heterocycles. The highest BCUT2D eigenvalue weighted by Crippen LogP contribution is 2.32. The maximum atomic E-state index is 11.9. The minimum absolute atomic E-state index is 0.315. The van der Waals surface area contributed by atoms with E-state index in [2.05, 4.69) is 23.9 Å². The minimum Gasteiger partial charge on any atom is -0.382 e. The molecule has 1 aliphatic rings. The topological polar surface area (TPSA) is 58.2 Å². The Kier molecular flexibility index (Phi) is 4.94. The number of hydrogen-bond acceptors (Lipinski definition) is 3. The van der Waals surface area contributed by atoms with Crippen molar-refractivity contribution in [3.8, 4) is 0 Å². The molecule has 0 heterocycles.